The molecule has 0 aromatic carbocycles. The van der Waals surface area contributed by atoms with Gasteiger partial charge in [0.1, 0.15) is 5.60 Å². The molecule has 1 saturated heterocycles. The average Bonchev–Trinajstić information content (AvgIpc) is 2.66. The van der Waals surface area contributed by atoms with Crippen molar-refractivity contribution < 1.29 is 33.3 Å². The third kappa shape index (κ3) is 11.3. The van der Waals surface area contributed by atoms with E-state index < -0.39 is 29.9 Å². The number of carbonyl (C=O) groups is 3. The summed E-state index contributed by atoms with van der Waals surface area (Å²) in [7, 11) is 0. The van der Waals surface area contributed by atoms with Crippen LogP contribution >= 0.6 is 0 Å². The van der Waals surface area contributed by atoms with E-state index in [0.29, 0.717) is 6.54 Å². The fraction of sp³-hybridized carbons (Fsp3) is 0.880. The van der Waals surface area contributed by atoms with Crippen LogP contribution in [0, 0.1) is 11.8 Å². The molecule has 1 aliphatic rings. The second-order valence-electron chi connectivity index (χ2n) is 10.2. The number of unbranched alkanes of at least 4 members (excludes halogenated alkanes) is 4. The highest BCUT2D eigenvalue weighted by Crippen LogP contribution is 2.34. The van der Waals surface area contributed by atoms with Crippen LogP contribution in [0.4, 0.5) is 0 Å². The molecule has 33 heavy (non-hydrogen) atoms. The summed E-state index contributed by atoms with van der Waals surface area (Å²) in [6.45, 7) is 15.8. The second-order valence-corrected chi connectivity index (χ2v) is 10.2. The van der Waals surface area contributed by atoms with Crippen LogP contribution in [0.1, 0.15) is 87.5 Å². The smallest absolute Gasteiger partial charge is 0.320 e. The highest BCUT2D eigenvalue weighted by atomic mass is 16.7. The van der Waals surface area contributed by atoms with Gasteiger partial charge in [0.05, 0.1) is 12.6 Å². The maximum Gasteiger partial charge on any atom is 0.320 e. The molecule has 3 unspecified atom stereocenters. The maximum atomic E-state index is 12.5. The predicted molar refractivity (Wildman–Crippen MR) is 125 cm³/mol. The van der Waals surface area contributed by atoms with Gasteiger partial charge in [0.2, 0.25) is 6.29 Å². The van der Waals surface area contributed by atoms with Crippen molar-refractivity contribution in [1.29, 1.82) is 0 Å². The molecule has 0 aromatic heterocycles. The molecule has 0 bridgehead atoms. The van der Waals surface area contributed by atoms with Crippen LogP contribution in [0.3, 0.4) is 0 Å². The van der Waals surface area contributed by atoms with Crippen LogP contribution in [0.15, 0.2) is 0 Å². The normalized spacial score (nSPS) is 25.5. The Morgan fingerprint density at radius 3 is 2.06 bits per heavy atom. The highest BCUT2D eigenvalue weighted by molar-refractivity contribution is 5.72. The van der Waals surface area contributed by atoms with Gasteiger partial charge in [-0.15, -0.1) is 0 Å². The van der Waals surface area contributed by atoms with Crippen molar-refractivity contribution in [3.8, 4) is 0 Å². The Kier molecular flexibility index (Phi) is 12.4. The lowest BCUT2D eigenvalue weighted by Gasteiger charge is -2.44. The maximum absolute atomic E-state index is 12.5. The first kappa shape index (κ1) is 29.4. The summed E-state index contributed by atoms with van der Waals surface area (Å²) in [6, 6.07) is 0. The molecule has 0 amide bonds. The molecule has 1 fully saturated rings. The van der Waals surface area contributed by atoms with Crippen molar-refractivity contribution in [2.24, 2.45) is 11.8 Å². The minimum Gasteiger partial charge on any atom is -0.459 e. The zero-order valence-electron chi connectivity index (χ0n) is 21.8. The van der Waals surface area contributed by atoms with Crippen molar-refractivity contribution in [2.45, 2.75) is 112 Å². The zero-order chi connectivity index (χ0) is 25.2. The van der Waals surface area contributed by atoms with Gasteiger partial charge in [-0.3, -0.25) is 19.3 Å². The van der Waals surface area contributed by atoms with Crippen molar-refractivity contribution in [2.75, 3.05) is 19.6 Å². The molecule has 0 aliphatic carbocycles. The third-order valence-corrected chi connectivity index (χ3v) is 5.88. The zero-order valence-corrected chi connectivity index (χ0v) is 21.8. The van der Waals surface area contributed by atoms with E-state index in [-0.39, 0.29) is 30.5 Å². The lowest BCUT2D eigenvalue weighted by Crippen LogP contribution is -2.55. The summed E-state index contributed by atoms with van der Waals surface area (Å²) >= 11 is 0. The Balaban J connectivity index is 2.93. The van der Waals surface area contributed by atoms with E-state index in [4.69, 9.17) is 18.9 Å². The molecule has 0 N–H and O–H groups in total. The van der Waals surface area contributed by atoms with Crippen LogP contribution in [0.5, 0.6) is 0 Å². The SMILES string of the molecule is CCCCCCCN(CC(=O)OC(C)(C)C)CC1OC(OC(C)=O)C(OC(C)=O)[C@@H](C)[C@@H]1C. The van der Waals surface area contributed by atoms with Crippen molar-refractivity contribution in [1.82, 2.24) is 4.90 Å². The van der Waals surface area contributed by atoms with E-state index in [1.165, 1.54) is 33.1 Å². The van der Waals surface area contributed by atoms with Gasteiger partial charge >= 0.3 is 17.9 Å². The summed E-state index contributed by atoms with van der Waals surface area (Å²) in [5.74, 6) is -1.30. The summed E-state index contributed by atoms with van der Waals surface area (Å²) < 4.78 is 22.5. The Hall–Kier alpha value is -1.67. The van der Waals surface area contributed by atoms with Crippen LogP contribution in [0.2, 0.25) is 0 Å². The molecule has 1 heterocycles. The highest BCUT2D eigenvalue weighted by Gasteiger charge is 2.45. The van der Waals surface area contributed by atoms with E-state index in [1.54, 1.807) is 0 Å². The lowest BCUT2D eigenvalue weighted by molar-refractivity contribution is -0.268. The second kappa shape index (κ2) is 13.9. The number of carbonyl (C=O) groups excluding carboxylic acids is 3. The minimum absolute atomic E-state index is 0.0161. The largest absolute Gasteiger partial charge is 0.459 e. The molecule has 1 aliphatic heterocycles. The first-order valence-corrected chi connectivity index (χ1v) is 12.3. The van der Waals surface area contributed by atoms with Crippen LogP contribution < -0.4 is 0 Å². The van der Waals surface area contributed by atoms with Gasteiger partial charge in [0.15, 0.2) is 6.10 Å². The quantitative estimate of drug-likeness (QED) is 0.239. The molecule has 0 saturated carbocycles. The number of nitrogens with zero attached hydrogens (tertiary/aromatic N) is 1. The Morgan fingerprint density at radius 1 is 0.909 bits per heavy atom. The van der Waals surface area contributed by atoms with Crippen molar-refractivity contribution in [3.63, 3.8) is 0 Å². The Labute approximate surface area is 199 Å². The molecule has 1 rings (SSSR count). The number of ether oxygens (including phenoxy) is 4. The van der Waals surface area contributed by atoms with Crippen LogP contribution in [-0.2, 0) is 33.3 Å². The molecule has 8 nitrogen and oxygen atoms in total. The average molecular weight is 472 g/mol. The van der Waals surface area contributed by atoms with Crippen molar-refractivity contribution >= 4 is 17.9 Å². The molecule has 0 radical (unpaired) electrons. The van der Waals surface area contributed by atoms with Gasteiger partial charge < -0.3 is 18.9 Å². The van der Waals surface area contributed by atoms with Gasteiger partial charge in [-0.05, 0) is 39.7 Å². The Morgan fingerprint density at radius 2 is 1.52 bits per heavy atom. The molecule has 0 spiro atoms. The number of esters is 3. The standard InChI is InChI=1S/C25H45NO7/c1-9-10-11-12-13-14-26(16-22(29)33-25(6,7)8)15-21-17(2)18(3)23(30-19(4)27)24(32-21)31-20(5)28/h17-18,21,23-24H,9-16H2,1-8H3/t17-,18-,21?,23?,24?/m0/s1. The topological polar surface area (TPSA) is 91.4 Å². The summed E-state index contributed by atoms with van der Waals surface area (Å²) in [6.07, 6.45) is 3.67. The first-order valence-electron chi connectivity index (χ1n) is 12.3. The summed E-state index contributed by atoms with van der Waals surface area (Å²) in [5, 5.41) is 0. The van der Waals surface area contributed by atoms with E-state index in [2.05, 4.69) is 11.8 Å². The minimum atomic E-state index is -0.976. The predicted octanol–water partition coefficient (Wildman–Crippen LogP) is 4.09. The molecule has 8 heteroatoms. The number of hydrogen-bond acceptors (Lipinski definition) is 8. The molecule has 0 aromatic rings. The summed E-state index contributed by atoms with van der Waals surface area (Å²) in [4.78, 5) is 37.9. The van der Waals surface area contributed by atoms with Crippen LogP contribution in [0.25, 0.3) is 0 Å². The van der Waals surface area contributed by atoms with E-state index in [1.807, 2.05) is 34.6 Å². The molecular formula is C25H45NO7. The van der Waals surface area contributed by atoms with Crippen molar-refractivity contribution in [3.05, 3.63) is 0 Å². The van der Waals surface area contributed by atoms with Gasteiger partial charge in [-0.2, -0.15) is 0 Å². The van der Waals surface area contributed by atoms with E-state index in [0.717, 1.165) is 19.4 Å². The summed E-state index contributed by atoms with van der Waals surface area (Å²) in [5.41, 5.74) is -0.551. The van der Waals surface area contributed by atoms with Gasteiger partial charge in [0.25, 0.3) is 0 Å². The fourth-order valence-corrected chi connectivity index (χ4v) is 4.07. The monoisotopic (exact) mass is 471 g/mol. The van der Waals surface area contributed by atoms with Gasteiger partial charge in [-0.25, -0.2) is 0 Å². The Bertz CT molecular complexity index is 631. The van der Waals surface area contributed by atoms with E-state index >= 15 is 0 Å². The first-order chi connectivity index (χ1) is 15.3. The lowest BCUT2D eigenvalue weighted by atomic mass is 9.83. The van der Waals surface area contributed by atoms with Crippen LogP contribution in [-0.4, -0.2) is 66.5 Å². The number of rotatable bonds is 12. The van der Waals surface area contributed by atoms with Gasteiger partial charge in [0, 0.05) is 26.3 Å². The third-order valence-electron chi connectivity index (χ3n) is 5.88. The molecular weight excluding hydrogens is 426 g/mol. The fourth-order valence-electron chi connectivity index (χ4n) is 4.07. The van der Waals surface area contributed by atoms with E-state index in [9.17, 15) is 14.4 Å². The number of hydrogen-bond donors (Lipinski definition) is 0. The van der Waals surface area contributed by atoms with Gasteiger partial charge in [-0.1, -0.05) is 46.5 Å². The molecule has 192 valence electrons. The molecule has 5 atom stereocenters.